The number of aromatic hydroxyl groups is 2. The molecular formula is C29H50O2. The van der Waals surface area contributed by atoms with E-state index in [1.165, 1.54) is 56.9 Å². The molecule has 31 heavy (non-hydrogen) atoms. The van der Waals surface area contributed by atoms with Crippen LogP contribution in [0.2, 0.25) is 0 Å². The van der Waals surface area contributed by atoms with Crippen LogP contribution < -0.4 is 0 Å². The highest BCUT2D eigenvalue weighted by Gasteiger charge is 2.15. The summed E-state index contributed by atoms with van der Waals surface area (Å²) in [5, 5.41) is 20.8. The molecule has 0 aliphatic heterocycles. The van der Waals surface area contributed by atoms with E-state index in [1.807, 2.05) is 20.8 Å². The third kappa shape index (κ3) is 9.71. The summed E-state index contributed by atoms with van der Waals surface area (Å²) in [6.45, 7) is 17.3. The highest BCUT2D eigenvalue weighted by molar-refractivity contribution is 5.57. The first-order chi connectivity index (χ1) is 14.5. The molecule has 0 bridgehead atoms. The molecule has 0 amide bonds. The van der Waals surface area contributed by atoms with Crippen LogP contribution in [0.15, 0.2) is 11.6 Å². The summed E-state index contributed by atoms with van der Waals surface area (Å²) in [4.78, 5) is 0. The van der Waals surface area contributed by atoms with Crippen LogP contribution in [0.25, 0.3) is 0 Å². The van der Waals surface area contributed by atoms with Gasteiger partial charge in [-0.2, -0.15) is 0 Å². The molecule has 178 valence electrons. The molecule has 0 aromatic heterocycles. The molecule has 2 unspecified atom stereocenters. The quantitative estimate of drug-likeness (QED) is 0.228. The Morgan fingerprint density at radius 1 is 0.710 bits per heavy atom. The fourth-order valence-electron chi connectivity index (χ4n) is 4.52. The Morgan fingerprint density at radius 2 is 1.19 bits per heavy atom. The molecule has 2 N–H and O–H groups in total. The minimum atomic E-state index is 0.319. The monoisotopic (exact) mass is 430 g/mol. The molecular weight excluding hydrogens is 380 g/mol. The highest BCUT2D eigenvalue weighted by atomic mass is 16.3. The van der Waals surface area contributed by atoms with Crippen molar-refractivity contribution >= 4 is 0 Å². The molecule has 2 heteroatoms. The van der Waals surface area contributed by atoms with E-state index in [1.54, 1.807) is 0 Å². The Morgan fingerprint density at radius 3 is 1.74 bits per heavy atom. The molecule has 0 spiro atoms. The van der Waals surface area contributed by atoms with Gasteiger partial charge >= 0.3 is 0 Å². The van der Waals surface area contributed by atoms with Crippen molar-refractivity contribution in [2.24, 2.45) is 17.8 Å². The first-order valence-electron chi connectivity index (χ1n) is 12.7. The topological polar surface area (TPSA) is 40.5 Å². The van der Waals surface area contributed by atoms with Crippen molar-refractivity contribution in [3.63, 3.8) is 0 Å². The number of hydrogen-bond donors (Lipinski definition) is 2. The fourth-order valence-corrected chi connectivity index (χ4v) is 4.52. The third-order valence-corrected chi connectivity index (χ3v) is 7.16. The SMILES string of the molecule is CC(=CCc1c(C)c(O)c(C)c(C)c1O)CCCC(C)CCCC(C)CCCC(C)C. The lowest BCUT2D eigenvalue weighted by Crippen LogP contribution is -2.00. The maximum Gasteiger partial charge on any atom is 0.122 e. The van der Waals surface area contributed by atoms with E-state index in [0.717, 1.165) is 46.4 Å². The van der Waals surface area contributed by atoms with Crippen LogP contribution >= 0.6 is 0 Å². The molecule has 0 radical (unpaired) electrons. The van der Waals surface area contributed by atoms with E-state index in [0.29, 0.717) is 17.9 Å². The smallest absolute Gasteiger partial charge is 0.122 e. The number of hydrogen-bond acceptors (Lipinski definition) is 2. The van der Waals surface area contributed by atoms with Gasteiger partial charge in [-0.15, -0.1) is 0 Å². The van der Waals surface area contributed by atoms with Gasteiger partial charge in [0.2, 0.25) is 0 Å². The number of benzene rings is 1. The van der Waals surface area contributed by atoms with Crippen LogP contribution in [0.4, 0.5) is 0 Å². The lowest BCUT2D eigenvalue weighted by molar-refractivity contribution is 0.389. The van der Waals surface area contributed by atoms with E-state index < -0.39 is 0 Å². The van der Waals surface area contributed by atoms with Gasteiger partial charge in [-0.05, 0) is 81.4 Å². The van der Waals surface area contributed by atoms with E-state index in [-0.39, 0.29) is 0 Å². The Bertz CT molecular complexity index is 670. The summed E-state index contributed by atoms with van der Waals surface area (Å²) >= 11 is 0. The van der Waals surface area contributed by atoms with Gasteiger partial charge in [0.25, 0.3) is 0 Å². The van der Waals surface area contributed by atoms with Gasteiger partial charge in [0, 0.05) is 5.56 Å². The lowest BCUT2D eigenvalue weighted by Gasteiger charge is -2.16. The predicted octanol–water partition coefficient (Wildman–Crippen LogP) is 8.95. The van der Waals surface area contributed by atoms with Crippen molar-refractivity contribution in [2.45, 2.75) is 120 Å². The minimum absolute atomic E-state index is 0.319. The summed E-state index contributed by atoms with van der Waals surface area (Å²) in [7, 11) is 0. The number of rotatable bonds is 14. The average Bonchev–Trinajstić information content (AvgIpc) is 2.70. The molecule has 1 aromatic carbocycles. The van der Waals surface area contributed by atoms with Gasteiger partial charge in [0.05, 0.1) is 0 Å². The molecule has 0 aliphatic rings. The van der Waals surface area contributed by atoms with Crippen molar-refractivity contribution in [1.82, 2.24) is 0 Å². The van der Waals surface area contributed by atoms with Gasteiger partial charge < -0.3 is 10.2 Å². The van der Waals surface area contributed by atoms with E-state index >= 15 is 0 Å². The molecule has 1 rings (SSSR count). The van der Waals surface area contributed by atoms with Crippen molar-refractivity contribution < 1.29 is 10.2 Å². The summed E-state index contributed by atoms with van der Waals surface area (Å²) in [6.07, 6.45) is 14.8. The second-order valence-electron chi connectivity index (χ2n) is 10.7. The van der Waals surface area contributed by atoms with Crippen LogP contribution in [-0.2, 0) is 6.42 Å². The molecule has 0 aliphatic carbocycles. The van der Waals surface area contributed by atoms with E-state index in [2.05, 4.69) is 40.7 Å². The van der Waals surface area contributed by atoms with Gasteiger partial charge in [-0.25, -0.2) is 0 Å². The largest absolute Gasteiger partial charge is 0.507 e. The first-order valence-corrected chi connectivity index (χ1v) is 12.7. The summed E-state index contributed by atoms with van der Waals surface area (Å²) < 4.78 is 0. The number of phenols is 2. The Hall–Kier alpha value is -1.44. The first kappa shape index (κ1) is 27.6. The molecule has 2 atom stereocenters. The second-order valence-corrected chi connectivity index (χ2v) is 10.7. The maximum atomic E-state index is 10.5. The highest BCUT2D eigenvalue weighted by Crippen LogP contribution is 2.36. The average molecular weight is 431 g/mol. The van der Waals surface area contributed by atoms with Gasteiger partial charge in [0.15, 0.2) is 0 Å². The molecule has 0 saturated heterocycles. The second kappa shape index (κ2) is 13.9. The van der Waals surface area contributed by atoms with Gasteiger partial charge in [-0.1, -0.05) is 84.3 Å². The van der Waals surface area contributed by atoms with Gasteiger partial charge in [-0.3, -0.25) is 0 Å². The fraction of sp³-hybridized carbons (Fsp3) is 0.724. The Kier molecular flexibility index (Phi) is 12.3. The summed E-state index contributed by atoms with van der Waals surface area (Å²) in [5.41, 5.74) is 4.60. The minimum Gasteiger partial charge on any atom is -0.507 e. The van der Waals surface area contributed by atoms with Gasteiger partial charge in [0.1, 0.15) is 11.5 Å². The third-order valence-electron chi connectivity index (χ3n) is 7.16. The van der Waals surface area contributed by atoms with Crippen LogP contribution in [-0.4, -0.2) is 10.2 Å². The summed E-state index contributed by atoms with van der Waals surface area (Å²) in [5.74, 6) is 3.18. The maximum absolute atomic E-state index is 10.5. The van der Waals surface area contributed by atoms with Crippen molar-refractivity contribution in [3.05, 3.63) is 33.9 Å². The van der Waals surface area contributed by atoms with E-state index in [9.17, 15) is 10.2 Å². The predicted molar refractivity (Wildman–Crippen MR) is 136 cm³/mol. The zero-order chi connectivity index (χ0) is 23.6. The van der Waals surface area contributed by atoms with Crippen molar-refractivity contribution in [2.75, 3.05) is 0 Å². The number of allylic oxidation sites excluding steroid dienone is 2. The van der Waals surface area contributed by atoms with Crippen LogP contribution in [0.3, 0.4) is 0 Å². The molecule has 0 fully saturated rings. The van der Waals surface area contributed by atoms with Crippen molar-refractivity contribution in [1.29, 1.82) is 0 Å². The van der Waals surface area contributed by atoms with Crippen LogP contribution in [0.1, 0.15) is 115 Å². The van der Waals surface area contributed by atoms with Crippen molar-refractivity contribution in [3.8, 4) is 11.5 Å². The lowest BCUT2D eigenvalue weighted by atomic mass is 9.91. The Balaban J connectivity index is 2.34. The van der Waals surface area contributed by atoms with Crippen LogP contribution in [0.5, 0.6) is 11.5 Å². The standard InChI is InChI=1S/C29H50O2/c1-20(2)12-9-13-21(3)14-10-15-22(4)16-11-17-23(5)18-19-27-26(8)28(30)24(6)25(7)29(27)31/h18,20-22,30-31H,9-17,19H2,1-8H3. The Labute approximate surface area is 193 Å². The molecule has 2 nitrogen and oxygen atoms in total. The molecule has 0 saturated carbocycles. The number of phenolic OH excluding ortho intramolecular Hbond substituents is 2. The van der Waals surface area contributed by atoms with Crippen LogP contribution in [0, 0.1) is 38.5 Å². The summed E-state index contributed by atoms with van der Waals surface area (Å²) in [6, 6.07) is 0. The normalized spacial score (nSPS) is 14.3. The zero-order valence-corrected chi connectivity index (χ0v) is 21.8. The molecule has 1 aromatic rings. The zero-order valence-electron chi connectivity index (χ0n) is 21.8. The molecule has 0 heterocycles. The van der Waals surface area contributed by atoms with E-state index in [4.69, 9.17) is 0 Å².